The molecule has 2 aromatic rings. The average Bonchev–Trinajstić information content (AvgIpc) is 3.30. The molecule has 2 aliphatic rings. The van der Waals surface area contributed by atoms with Gasteiger partial charge < -0.3 is 9.42 Å². The summed E-state index contributed by atoms with van der Waals surface area (Å²) in [4.78, 5) is 19.5. The van der Waals surface area contributed by atoms with E-state index in [0.717, 1.165) is 48.8 Å². The van der Waals surface area contributed by atoms with Gasteiger partial charge in [0, 0.05) is 23.5 Å². The lowest BCUT2D eigenvalue weighted by molar-refractivity contribution is -0.135. The summed E-state index contributed by atoms with van der Waals surface area (Å²) in [5.41, 5.74) is 0.842. The van der Waals surface area contributed by atoms with Crippen molar-refractivity contribution in [3.05, 3.63) is 46.0 Å². The van der Waals surface area contributed by atoms with Gasteiger partial charge in [-0.15, -0.1) is 0 Å². The number of aromatic nitrogens is 2. The lowest BCUT2D eigenvalue weighted by Crippen LogP contribution is -2.43. The van der Waals surface area contributed by atoms with Crippen molar-refractivity contribution in [3.63, 3.8) is 0 Å². The number of benzene rings is 1. The number of halogens is 1. The molecule has 1 aromatic carbocycles. The second-order valence-electron chi connectivity index (χ2n) is 6.84. The highest BCUT2D eigenvalue weighted by Gasteiger charge is 2.53. The minimum absolute atomic E-state index is 0.274. The largest absolute Gasteiger partial charge is 0.342 e. The number of carbonyl (C=O) groups excluding carboxylic acids is 1. The second-order valence-corrected chi connectivity index (χ2v) is 7.75. The van der Waals surface area contributed by atoms with Gasteiger partial charge in [-0.1, -0.05) is 33.2 Å². The van der Waals surface area contributed by atoms with Gasteiger partial charge in [-0.05, 0) is 50.3 Å². The van der Waals surface area contributed by atoms with Crippen molar-refractivity contribution in [3.8, 4) is 0 Å². The zero-order valence-electron chi connectivity index (χ0n) is 13.7. The van der Waals surface area contributed by atoms with E-state index < -0.39 is 0 Å². The average molecular weight is 390 g/mol. The number of hydrogen-bond acceptors (Lipinski definition) is 4. The maximum Gasteiger partial charge on any atom is 0.233 e. The first-order chi connectivity index (χ1) is 11.6. The molecule has 126 valence electrons. The number of amides is 1. The Bertz CT molecular complexity index is 761. The fourth-order valence-corrected chi connectivity index (χ4v) is 4.05. The van der Waals surface area contributed by atoms with Crippen LogP contribution in [0.5, 0.6) is 0 Å². The van der Waals surface area contributed by atoms with E-state index in [4.69, 9.17) is 4.52 Å². The van der Waals surface area contributed by atoms with Gasteiger partial charge in [-0.3, -0.25) is 4.79 Å². The van der Waals surface area contributed by atoms with Crippen LogP contribution in [0.25, 0.3) is 0 Å². The number of piperidine rings is 1. The van der Waals surface area contributed by atoms with Crippen molar-refractivity contribution < 1.29 is 9.32 Å². The minimum atomic E-state index is -0.294. The molecule has 0 N–H and O–H groups in total. The Labute approximate surface area is 149 Å². The molecule has 0 radical (unpaired) electrons. The zero-order valence-corrected chi connectivity index (χ0v) is 15.3. The van der Waals surface area contributed by atoms with Crippen LogP contribution < -0.4 is 0 Å². The molecule has 2 fully saturated rings. The van der Waals surface area contributed by atoms with Crippen molar-refractivity contribution in [1.29, 1.82) is 0 Å². The van der Waals surface area contributed by atoms with Crippen LogP contribution in [0.2, 0.25) is 0 Å². The highest BCUT2D eigenvalue weighted by atomic mass is 79.9. The van der Waals surface area contributed by atoms with Crippen LogP contribution in [0.1, 0.15) is 48.9 Å². The topological polar surface area (TPSA) is 59.2 Å². The summed E-state index contributed by atoms with van der Waals surface area (Å²) in [5.74, 6) is 1.94. The van der Waals surface area contributed by atoms with E-state index in [-0.39, 0.29) is 17.2 Å². The van der Waals surface area contributed by atoms with Crippen LogP contribution >= 0.6 is 15.9 Å². The summed E-state index contributed by atoms with van der Waals surface area (Å²) in [7, 11) is 0. The van der Waals surface area contributed by atoms with Gasteiger partial charge in [0.2, 0.25) is 11.8 Å². The number of aryl methyl sites for hydroxylation is 1. The van der Waals surface area contributed by atoms with Gasteiger partial charge >= 0.3 is 0 Å². The quantitative estimate of drug-likeness (QED) is 0.804. The Balaban J connectivity index is 1.45. The molecule has 1 saturated carbocycles. The molecule has 0 spiro atoms. The molecule has 0 unspecified atom stereocenters. The van der Waals surface area contributed by atoms with Crippen molar-refractivity contribution >= 4 is 21.8 Å². The van der Waals surface area contributed by atoms with E-state index in [0.29, 0.717) is 11.7 Å². The van der Waals surface area contributed by atoms with Crippen LogP contribution in [0.15, 0.2) is 33.3 Å². The molecule has 5 nitrogen and oxygen atoms in total. The van der Waals surface area contributed by atoms with Gasteiger partial charge in [0.25, 0.3) is 0 Å². The number of carbonyl (C=O) groups is 1. The predicted octanol–water partition coefficient (Wildman–Crippen LogP) is 3.58. The van der Waals surface area contributed by atoms with Gasteiger partial charge in [-0.25, -0.2) is 0 Å². The molecule has 1 aliphatic heterocycles. The highest BCUT2D eigenvalue weighted by molar-refractivity contribution is 9.10. The first kappa shape index (κ1) is 15.8. The molecule has 0 atom stereocenters. The Morgan fingerprint density at radius 2 is 2.08 bits per heavy atom. The molecular formula is C18H20BrN3O2. The Morgan fingerprint density at radius 3 is 2.67 bits per heavy atom. The second kappa shape index (κ2) is 5.99. The first-order valence-corrected chi connectivity index (χ1v) is 9.23. The Hall–Kier alpha value is -1.69. The van der Waals surface area contributed by atoms with Crippen molar-refractivity contribution in [2.45, 2.75) is 43.9 Å². The van der Waals surface area contributed by atoms with Gasteiger partial charge in [0.05, 0.1) is 5.41 Å². The predicted molar refractivity (Wildman–Crippen MR) is 92.6 cm³/mol. The van der Waals surface area contributed by atoms with Crippen LogP contribution in [-0.2, 0) is 10.2 Å². The van der Waals surface area contributed by atoms with Crippen molar-refractivity contribution in [2.75, 3.05) is 13.1 Å². The maximum absolute atomic E-state index is 13.1. The number of hydrogen-bond donors (Lipinski definition) is 0. The maximum atomic E-state index is 13.1. The molecule has 4 rings (SSSR count). The lowest BCUT2D eigenvalue weighted by atomic mass is 9.91. The van der Waals surface area contributed by atoms with E-state index in [2.05, 4.69) is 38.2 Å². The van der Waals surface area contributed by atoms with Crippen LogP contribution in [0, 0.1) is 6.92 Å². The summed E-state index contributed by atoms with van der Waals surface area (Å²) in [6.07, 6.45) is 3.68. The summed E-state index contributed by atoms with van der Waals surface area (Å²) < 4.78 is 6.32. The molecule has 6 heteroatoms. The van der Waals surface area contributed by atoms with Crippen molar-refractivity contribution in [1.82, 2.24) is 15.0 Å². The smallest absolute Gasteiger partial charge is 0.233 e. The van der Waals surface area contributed by atoms with Gasteiger partial charge in [0.15, 0.2) is 5.82 Å². The fourth-order valence-electron chi connectivity index (χ4n) is 3.65. The summed E-state index contributed by atoms with van der Waals surface area (Å²) in [6, 6.07) is 8.17. The number of rotatable bonds is 3. The molecule has 24 heavy (non-hydrogen) atoms. The Morgan fingerprint density at radius 1 is 1.33 bits per heavy atom. The molecule has 1 amide bonds. The summed E-state index contributed by atoms with van der Waals surface area (Å²) >= 11 is 3.52. The third kappa shape index (κ3) is 2.77. The molecule has 0 bridgehead atoms. The number of likely N-dealkylation sites (tertiary alicyclic amines) is 1. The van der Waals surface area contributed by atoms with E-state index in [1.807, 2.05) is 24.0 Å². The highest BCUT2D eigenvalue weighted by Crippen LogP contribution is 2.50. The molecule has 2 heterocycles. The normalized spacial score (nSPS) is 20.2. The number of nitrogens with zero attached hydrogens (tertiary/aromatic N) is 3. The van der Waals surface area contributed by atoms with Crippen LogP contribution in [0.3, 0.4) is 0 Å². The van der Waals surface area contributed by atoms with Crippen LogP contribution in [0.4, 0.5) is 0 Å². The third-order valence-corrected chi connectivity index (χ3v) is 5.70. The summed E-state index contributed by atoms with van der Waals surface area (Å²) in [6.45, 7) is 3.36. The standard InChI is InChI=1S/C18H20BrN3O2/c1-12-20-16(24-21-12)13-5-9-22(10-6-13)17(23)18(7-8-18)14-3-2-4-15(19)11-14/h2-4,11,13H,5-10H2,1H3. The minimum Gasteiger partial charge on any atom is -0.342 e. The van der Waals surface area contributed by atoms with Crippen LogP contribution in [-0.4, -0.2) is 34.0 Å². The molecule has 1 aromatic heterocycles. The van der Waals surface area contributed by atoms with E-state index in [9.17, 15) is 4.79 Å². The lowest BCUT2D eigenvalue weighted by Gasteiger charge is -2.33. The fraction of sp³-hybridized carbons (Fsp3) is 0.500. The first-order valence-electron chi connectivity index (χ1n) is 8.44. The van der Waals surface area contributed by atoms with Gasteiger partial charge in [0.1, 0.15) is 0 Å². The SMILES string of the molecule is Cc1noc(C2CCN(C(=O)C3(c4cccc(Br)c4)CC3)CC2)n1. The monoisotopic (exact) mass is 389 g/mol. The zero-order chi connectivity index (χ0) is 16.7. The summed E-state index contributed by atoms with van der Waals surface area (Å²) in [5, 5.41) is 3.87. The Kier molecular flexibility index (Phi) is 3.95. The molecular weight excluding hydrogens is 370 g/mol. The van der Waals surface area contributed by atoms with E-state index in [1.165, 1.54) is 0 Å². The van der Waals surface area contributed by atoms with E-state index >= 15 is 0 Å². The third-order valence-electron chi connectivity index (χ3n) is 5.21. The molecule has 1 aliphatic carbocycles. The molecule has 1 saturated heterocycles. The van der Waals surface area contributed by atoms with Gasteiger partial charge in [-0.2, -0.15) is 4.98 Å². The van der Waals surface area contributed by atoms with Crippen molar-refractivity contribution in [2.24, 2.45) is 0 Å². The van der Waals surface area contributed by atoms with E-state index in [1.54, 1.807) is 0 Å².